The standard InChI is InChI=1S/C31H44N2O3.C2H6/c1-5-6-7-8-25-9-13-27(14-10-25)30(34)33(23-26-11-15-28(16-12-26)31(35)36-4)29-18-21-32(22-19-29)20-17-24(2)3;1-2/h9-16,24,29H,5-8,17-23H2,1-4H3;1-2H3. The van der Waals surface area contributed by atoms with Crippen LogP contribution in [0.15, 0.2) is 48.5 Å². The van der Waals surface area contributed by atoms with E-state index in [2.05, 4.69) is 42.7 Å². The van der Waals surface area contributed by atoms with Gasteiger partial charge in [-0.25, -0.2) is 4.79 Å². The minimum absolute atomic E-state index is 0.0905. The Morgan fingerprint density at radius 2 is 1.50 bits per heavy atom. The Kier molecular flexibility index (Phi) is 14.1. The van der Waals surface area contributed by atoms with Crippen molar-refractivity contribution in [1.82, 2.24) is 9.80 Å². The number of aryl methyl sites for hydroxylation is 1. The maximum Gasteiger partial charge on any atom is 0.337 e. The molecule has 1 aliphatic rings. The highest BCUT2D eigenvalue weighted by Crippen LogP contribution is 2.23. The maximum atomic E-state index is 13.8. The van der Waals surface area contributed by atoms with E-state index in [9.17, 15) is 9.59 Å². The predicted octanol–water partition coefficient (Wildman–Crippen LogP) is 7.39. The van der Waals surface area contributed by atoms with Gasteiger partial charge < -0.3 is 14.5 Å². The summed E-state index contributed by atoms with van der Waals surface area (Å²) in [5.41, 5.74) is 3.59. The van der Waals surface area contributed by atoms with Crippen molar-refractivity contribution < 1.29 is 14.3 Å². The normalized spacial score (nSPS) is 14.1. The summed E-state index contributed by atoms with van der Waals surface area (Å²) in [6.45, 7) is 14.5. The lowest BCUT2D eigenvalue weighted by Gasteiger charge is -2.39. The molecule has 0 unspecified atom stereocenters. The molecule has 5 nitrogen and oxygen atoms in total. The molecule has 2 aromatic rings. The molecular weight excluding hydrogens is 472 g/mol. The molecule has 0 saturated carbocycles. The number of hydrogen-bond acceptors (Lipinski definition) is 4. The van der Waals surface area contributed by atoms with E-state index in [0.717, 1.165) is 50.0 Å². The lowest BCUT2D eigenvalue weighted by Crippen LogP contribution is -2.47. The largest absolute Gasteiger partial charge is 0.465 e. The summed E-state index contributed by atoms with van der Waals surface area (Å²) >= 11 is 0. The first-order valence-corrected chi connectivity index (χ1v) is 14.7. The molecule has 210 valence electrons. The molecule has 0 spiro atoms. The van der Waals surface area contributed by atoms with E-state index < -0.39 is 0 Å². The van der Waals surface area contributed by atoms with Crippen LogP contribution in [0.2, 0.25) is 0 Å². The van der Waals surface area contributed by atoms with Crippen LogP contribution in [0.3, 0.4) is 0 Å². The number of ether oxygens (including phenoxy) is 1. The molecule has 0 aliphatic carbocycles. The van der Waals surface area contributed by atoms with Crippen LogP contribution in [0, 0.1) is 5.92 Å². The van der Waals surface area contributed by atoms with Gasteiger partial charge in [0.25, 0.3) is 5.91 Å². The van der Waals surface area contributed by atoms with Gasteiger partial charge in [0.2, 0.25) is 0 Å². The second-order valence-corrected chi connectivity index (χ2v) is 10.5. The number of likely N-dealkylation sites (tertiary alicyclic amines) is 1. The Balaban J connectivity index is 0.00000247. The molecule has 5 heteroatoms. The lowest BCUT2D eigenvalue weighted by molar-refractivity contribution is 0.0544. The molecule has 3 rings (SSSR count). The van der Waals surface area contributed by atoms with Gasteiger partial charge >= 0.3 is 5.97 Å². The van der Waals surface area contributed by atoms with Gasteiger partial charge in [0, 0.05) is 31.2 Å². The maximum absolute atomic E-state index is 13.8. The van der Waals surface area contributed by atoms with Gasteiger partial charge in [-0.15, -0.1) is 0 Å². The van der Waals surface area contributed by atoms with Gasteiger partial charge in [-0.05, 0) is 80.0 Å². The van der Waals surface area contributed by atoms with Crippen LogP contribution in [0.1, 0.15) is 105 Å². The molecule has 1 amide bonds. The average Bonchev–Trinajstić information content (AvgIpc) is 2.96. The predicted molar refractivity (Wildman–Crippen MR) is 158 cm³/mol. The number of rotatable bonds is 12. The van der Waals surface area contributed by atoms with Gasteiger partial charge in [-0.1, -0.05) is 71.7 Å². The monoisotopic (exact) mass is 522 g/mol. The topological polar surface area (TPSA) is 49.9 Å². The highest BCUT2D eigenvalue weighted by atomic mass is 16.5. The fraction of sp³-hybridized carbons (Fsp3) is 0.576. The summed E-state index contributed by atoms with van der Waals surface area (Å²) in [4.78, 5) is 30.2. The number of unbranched alkanes of at least 4 members (excludes halogenated alkanes) is 2. The van der Waals surface area contributed by atoms with Crippen LogP contribution >= 0.6 is 0 Å². The number of benzene rings is 2. The average molecular weight is 523 g/mol. The van der Waals surface area contributed by atoms with Crippen LogP contribution < -0.4 is 0 Å². The third kappa shape index (κ3) is 9.90. The third-order valence-corrected chi connectivity index (χ3v) is 7.28. The fourth-order valence-corrected chi connectivity index (χ4v) is 4.88. The van der Waals surface area contributed by atoms with Crippen molar-refractivity contribution in [3.63, 3.8) is 0 Å². The number of amides is 1. The molecule has 0 N–H and O–H groups in total. The Hall–Kier alpha value is -2.66. The number of piperidine rings is 1. The van der Waals surface area contributed by atoms with Crippen molar-refractivity contribution in [3.8, 4) is 0 Å². The van der Waals surface area contributed by atoms with Crippen LogP contribution in [0.5, 0.6) is 0 Å². The Morgan fingerprint density at radius 1 is 0.921 bits per heavy atom. The summed E-state index contributed by atoms with van der Waals surface area (Å²) < 4.78 is 4.83. The van der Waals surface area contributed by atoms with Gasteiger partial charge in [-0.3, -0.25) is 4.79 Å². The second-order valence-electron chi connectivity index (χ2n) is 10.5. The third-order valence-electron chi connectivity index (χ3n) is 7.28. The molecule has 2 aromatic carbocycles. The fourth-order valence-electron chi connectivity index (χ4n) is 4.88. The molecule has 0 aromatic heterocycles. The molecule has 0 radical (unpaired) electrons. The number of methoxy groups -OCH3 is 1. The molecular formula is C33H50N2O3. The highest BCUT2D eigenvalue weighted by molar-refractivity contribution is 5.94. The molecule has 1 aliphatic heterocycles. The van der Waals surface area contributed by atoms with Gasteiger partial charge in [-0.2, -0.15) is 0 Å². The van der Waals surface area contributed by atoms with Crippen molar-refractivity contribution in [2.24, 2.45) is 5.92 Å². The molecule has 0 atom stereocenters. The second kappa shape index (κ2) is 17.0. The van der Waals surface area contributed by atoms with Crippen LogP contribution in [-0.4, -0.2) is 54.5 Å². The SMILES string of the molecule is CC.CCCCCc1ccc(C(=O)N(Cc2ccc(C(=O)OC)cc2)C2CCN(CCC(C)C)CC2)cc1. The van der Waals surface area contributed by atoms with Crippen molar-refractivity contribution >= 4 is 11.9 Å². The van der Waals surface area contributed by atoms with E-state index >= 15 is 0 Å². The molecule has 1 fully saturated rings. The lowest BCUT2D eigenvalue weighted by atomic mass is 9.99. The first-order chi connectivity index (χ1) is 18.4. The number of carbonyl (C=O) groups is 2. The molecule has 1 heterocycles. The number of hydrogen-bond donors (Lipinski definition) is 0. The first kappa shape index (κ1) is 31.6. The Labute approximate surface area is 231 Å². The van der Waals surface area contributed by atoms with Crippen molar-refractivity contribution in [3.05, 3.63) is 70.8 Å². The minimum Gasteiger partial charge on any atom is -0.465 e. The quantitative estimate of drug-likeness (QED) is 0.215. The van der Waals surface area contributed by atoms with Crippen molar-refractivity contribution in [2.75, 3.05) is 26.7 Å². The van der Waals surface area contributed by atoms with E-state index in [1.165, 1.54) is 38.4 Å². The summed E-state index contributed by atoms with van der Waals surface area (Å²) in [7, 11) is 1.39. The van der Waals surface area contributed by atoms with E-state index in [0.29, 0.717) is 18.0 Å². The zero-order chi connectivity index (χ0) is 27.9. The molecule has 1 saturated heterocycles. The number of esters is 1. The van der Waals surface area contributed by atoms with Gasteiger partial charge in [0.15, 0.2) is 0 Å². The van der Waals surface area contributed by atoms with E-state index in [1.54, 1.807) is 12.1 Å². The van der Waals surface area contributed by atoms with Crippen LogP contribution in [0.4, 0.5) is 0 Å². The first-order valence-electron chi connectivity index (χ1n) is 14.7. The molecule has 38 heavy (non-hydrogen) atoms. The van der Waals surface area contributed by atoms with E-state index in [1.807, 2.05) is 38.1 Å². The smallest absolute Gasteiger partial charge is 0.337 e. The Bertz CT molecular complexity index is 945. The van der Waals surface area contributed by atoms with E-state index in [-0.39, 0.29) is 17.9 Å². The van der Waals surface area contributed by atoms with Crippen LogP contribution in [0.25, 0.3) is 0 Å². The van der Waals surface area contributed by atoms with Crippen molar-refractivity contribution in [1.29, 1.82) is 0 Å². The van der Waals surface area contributed by atoms with E-state index in [4.69, 9.17) is 4.74 Å². The zero-order valence-corrected chi connectivity index (χ0v) is 24.7. The minimum atomic E-state index is -0.345. The molecule has 0 bridgehead atoms. The number of carbonyl (C=O) groups excluding carboxylic acids is 2. The zero-order valence-electron chi connectivity index (χ0n) is 24.7. The van der Waals surface area contributed by atoms with Gasteiger partial charge in [0.1, 0.15) is 0 Å². The Morgan fingerprint density at radius 3 is 2.05 bits per heavy atom. The summed E-state index contributed by atoms with van der Waals surface area (Å²) in [6.07, 6.45) is 7.88. The summed E-state index contributed by atoms with van der Waals surface area (Å²) in [5.74, 6) is 0.453. The number of nitrogens with zero attached hydrogens (tertiary/aromatic N) is 2. The van der Waals surface area contributed by atoms with Crippen LogP contribution in [-0.2, 0) is 17.7 Å². The summed E-state index contributed by atoms with van der Waals surface area (Å²) in [6, 6.07) is 15.8. The van der Waals surface area contributed by atoms with Gasteiger partial charge in [0.05, 0.1) is 12.7 Å². The highest BCUT2D eigenvalue weighted by Gasteiger charge is 2.29. The van der Waals surface area contributed by atoms with Crippen molar-refractivity contribution in [2.45, 2.75) is 92.2 Å². The summed E-state index contributed by atoms with van der Waals surface area (Å²) in [5, 5.41) is 0.